The van der Waals surface area contributed by atoms with E-state index >= 15 is 0 Å². The molecule has 1 aliphatic heterocycles. The third-order valence-corrected chi connectivity index (χ3v) is 4.86. The standard InChI is InChI=1S/C21H24N2O5/c24-19(8-9-21(26)27)22-11-13-23(14-12-22)20(25)10-15-28-18-7-3-5-16-4-1-2-6-17(16)18/h1-7H,8-15H2,(H,26,27). The number of nitrogens with zero attached hydrogens (tertiary/aromatic N) is 2. The lowest BCUT2D eigenvalue weighted by Gasteiger charge is -2.34. The van der Waals surface area contributed by atoms with Gasteiger partial charge in [0.1, 0.15) is 5.75 Å². The summed E-state index contributed by atoms with van der Waals surface area (Å²) in [5.74, 6) is -0.389. The molecule has 2 aromatic rings. The molecule has 0 bridgehead atoms. The van der Waals surface area contributed by atoms with E-state index in [0.717, 1.165) is 16.5 Å². The monoisotopic (exact) mass is 384 g/mol. The molecule has 7 nitrogen and oxygen atoms in total. The van der Waals surface area contributed by atoms with Gasteiger partial charge in [0.25, 0.3) is 0 Å². The molecule has 1 N–H and O–H groups in total. The first-order valence-electron chi connectivity index (χ1n) is 9.42. The van der Waals surface area contributed by atoms with E-state index in [4.69, 9.17) is 9.84 Å². The molecule has 0 saturated carbocycles. The number of rotatable bonds is 7. The van der Waals surface area contributed by atoms with E-state index in [0.29, 0.717) is 32.8 Å². The Morgan fingerprint density at radius 1 is 0.821 bits per heavy atom. The van der Waals surface area contributed by atoms with Crippen LogP contribution in [0.1, 0.15) is 19.3 Å². The van der Waals surface area contributed by atoms with Gasteiger partial charge < -0.3 is 19.6 Å². The van der Waals surface area contributed by atoms with Gasteiger partial charge in [-0.1, -0.05) is 36.4 Å². The van der Waals surface area contributed by atoms with Gasteiger partial charge in [-0.3, -0.25) is 14.4 Å². The Labute approximate surface area is 163 Å². The van der Waals surface area contributed by atoms with E-state index in [1.807, 2.05) is 42.5 Å². The molecular formula is C21H24N2O5. The van der Waals surface area contributed by atoms with Gasteiger partial charge in [0.2, 0.25) is 11.8 Å². The Morgan fingerprint density at radius 3 is 2.11 bits per heavy atom. The summed E-state index contributed by atoms with van der Waals surface area (Å²) in [6.45, 7) is 2.10. The summed E-state index contributed by atoms with van der Waals surface area (Å²) in [4.78, 5) is 38.3. The van der Waals surface area contributed by atoms with Crippen LogP contribution in [0.4, 0.5) is 0 Å². The van der Waals surface area contributed by atoms with Crippen molar-refractivity contribution in [3.8, 4) is 5.75 Å². The van der Waals surface area contributed by atoms with Gasteiger partial charge in [-0.15, -0.1) is 0 Å². The summed E-state index contributed by atoms with van der Waals surface area (Å²) >= 11 is 0. The molecule has 1 heterocycles. The summed E-state index contributed by atoms with van der Waals surface area (Å²) in [6, 6.07) is 13.8. The number of hydrogen-bond donors (Lipinski definition) is 1. The summed E-state index contributed by atoms with van der Waals surface area (Å²) in [6.07, 6.45) is 0.113. The number of carbonyl (C=O) groups excluding carboxylic acids is 2. The topological polar surface area (TPSA) is 87.2 Å². The molecular weight excluding hydrogens is 360 g/mol. The van der Waals surface area contributed by atoms with Gasteiger partial charge >= 0.3 is 5.97 Å². The number of aliphatic carboxylic acids is 1. The fourth-order valence-electron chi connectivity index (χ4n) is 3.31. The van der Waals surface area contributed by atoms with Crippen molar-refractivity contribution < 1.29 is 24.2 Å². The van der Waals surface area contributed by atoms with Crippen LogP contribution in [0.25, 0.3) is 10.8 Å². The highest BCUT2D eigenvalue weighted by atomic mass is 16.5. The summed E-state index contributed by atoms with van der Waals surface area (Å²) in [5.41, 5.74) is 0. The summed E-state index contributed by atoms with van der Waals surface area (Å²) in [5, 5.41) is 10.8. The minimum absolute atomic E-state index is 0.00197. The van der Waals surface area contributed by atoms with Crippen molar-refractivity contribution in [2.75, 3.05) is 32.8 Å². The van der Waals surface area contributed by atoms with E-state index in [9.17, 15) is 14.4 Å². The quantitative estimate of drug-likeness (QED) is 0.790. The maximum atomic E-state index is 12.4. The third kappa shape index (κ3) is 5.00. The number of benzene rings is 2. The Hall–Kier alpha value is -3.09. The van der Waals surface area contributed by atoms with E-state index < -0.39 is 5.97 Å². The van der Waals surface area contributed by atoms with Crippen LogP contribution in [0.2, 0.25) is 0 Å². The smallest absolute Gasteiger partial charge is 0.303 e. The van der Waals surface area contributed by atoms with Crippen LogP contribution in [0, 0.1) is 0 Å². The average Bonchev–Trinajstić information content (AvgIpc) is 2.72. The molecule has 7 heteroatoms. The fourth-order valence-corrected chi connectivity index (χ4v) is 3.31. The van der Waals surface area contributed by atoms with Crippen molar-refractivity contribution in [2.45, 2.75) is 19.3 Å². The first-order valence-corrected chi connectivity index (χ1v) is 9.42. The van der Waals surface area contributed by atoms with Gasteiger partial charge in [-0.05, 0) is 11.5 Å². The number of fused-ring (bicyclic) bond motifs is 1. The zero-order chi connectivity index (χ0) is 19.9. The number of carboxylic acids is 1. The number of piperazine rings is 1. The van der Waals surface area contributed by atoms with Crippen molar-refractivity contribution in [2.24, 2.45) is 0 Å². The van der Waals surface area contributed by atoms with Gasteiger partial charge in [0.15, 0.2) is 0 Å². The van der Waals surface area contributed by atoms with Crippen LogP contribution in [0.5, 0.6) is 5.75 Å². The van der Waals surface area contributed by atoms with Crippen molar-refractivity contribution in [1.82, 2.24) is 9.80 Å². The molecule has 0 spiro atoms. The maximum Gasteiger partial charge on any atom is 0.303 e. The maximum absolute atomic E-state index is 12.4. The van der Waals surface area contributed by atoms with Crippen LogP contribution in [0.15, 0.2) is 42.5 Å². The van der Waals surface area contributed by atoms with Crippen molar-refractivity contribution in [3.05, 3.63) is 42.5 Å². The van der Waals surface area contributed by atoms with E-state index in [-0.39, 0.29) is 31.1 Å². The van der Waals surface area contributed by atoms with Crippen molar-refractivity contribution in [3.63, 3.8) is 0 Å². The molecule has 2 aromatic carbocycles. The molecule has 0 radical (unpaired) electrons. The third-order valence-electron chi connectivity index (χ3n) is 4.86. The Balaban J connectivity index is 1.43. The molecule has 148 valence electrons. The van der Waals surface area contributed by atoms with Crippen molar-refractivity contribution >= 4 is 28.6 Å². The van der Waals surface area contributed by atoms with Gasteiger partial charge in [-0.2, -0.15) is 0 Å². The molecule has 28 heavy (non-hydrogen) atoms. The van der Waals surface area contributed by atoms with Gasteiger partial charge in [0, 0.05) is 38.0 Å². The van der Waals surface area contributed by atoms with Crippen LogP contribution in [0.3, 0.4) is 0 Å². The molecule has 0 aliphatic carbocycles. The van der Waals surface area contributed by atoms with Crippen LogP contribution in [-0.2, 0) is 14.4 Å². The highest BCUT2D eigenvalue weighted by molar-refractivity contribution is 5.88. The molecule has 1 fully saturated rings. The predicted octanol–water partition coefficient (Wildman–Crippen LogP) is 2.14. The molecule has 2 amide bonds. The van der Waals surface area contributed by atoms with Gasteiger partial charge in [0.05, 0.1) is 19.4 Å². The summed E-state index contributed by atoms with van der Waals surface area (Å²) < 4.78 is 5.83. The molecule has 0 atom stereocenters. The summed E-state index contributed by atoms with van der Waals surface area (Å²) in [7, 11) is 0. The second-order valence-corrected chi connectivity index (χ2v) is 6.73. The fraction of sp³-hybridized carbons (Fsp3) is 0.381. The molecule has 0 aromatic heterocycles. The van der Waals surface area contributed by atoms with E-state index in [1.54, 1.807) is 9.80 Å². The first kappa shape index (κ1) is 19.7. The second-order valence-electron chi connectivity index (χ2n) is 6.73. The first-order chi connectivity index (χ1) is 13.5. The lowest BCUT2D eigenvalue weighted by molar-refractivity contribution is -0.143. The van der Waals surface area contributed by atoms with Crippen molar-refractivity contribution in [1.29, 1.82) is 0 Å². The van der Waals surface area contributed by atoms with Crippen LogP contribution < -0.4 is 4.74 Å². The average molecular weight is 384 g/mol. The Bertz CT molecular complexity index is 853. The van der Waals surface area contributed by atoms with E-state index in [1.165, 1.54) is 0 Å². The molecule has 0 unspecified atom stereocenters. The number of amides is 2. The minimum atomic E-state index is -0.978. The lowest BCUT2D eigenvalue weighted by atomic mass is 10.1. The number of hydrogen-bond acceptors (Lipinski definition) is 4. The number of carbonyl (C=O) groups is 3. The lowest BCUT2D eigenvalue weighted by Crippen LogP contribution is -2.50. The van der Waals surface area contributed by atoms with Crippen LogP contribution in [-0.4, -0.2) is 65.5 Å². The Kier molecular flexibility index (Phi) is 6.47. The Morgan fingerprint density at radius 2 is 1.43 bits per heavy atom. The highest BCUT2D eigenvalue weighted by Crippen LogP contribution is 2.25. The number of carboxylic acid groups (broad SMARTS) is 1. The molecule has 1 saturated heterocycles. The molecule has 1 aliphatic rings. The largest absolute Gasteiger partial charge is 0.492 e. The normalized spacial score (nSPS) is 14.1. The highest BCUT2D eigenvalue weighted by Gasteiger charge is 2.24. The van der Waals surface area contributed by atoms with Gasteiger partial charge in [-0.25, -0.2) is 0 Å². The van der Waals surface area contributed by atoms with E-state index in [2.05, 4.69) is 0 Å². The minimum Gasteiger partial charge on any atom is -0.492 e. The number of ether oxygens (including phenoxy) is 1. The SMILES string of the molecule is O=C(O)CCC(=O)N1CCN(C(=O)CCOc2cccc3ccccc23)CC1. The zero-order valence-electron chi connectivity index (χ0n) is 15.7. The second kappa shape index (κ2) is 9.21. The van der Waals surface area contributed by atoms with Crippen LogP contribution >= 0.6 is 0 Å². The molecule has 3 rings (SSSR count). The zero-order valence-corrected chi connectivity index (χ0v) is 15.7. The predicted molar refractivity (Wildman–Crippen MR) is 104 cm³/mol.